The summed E-state index contributed by atoms with van der Waals surface area (Å²) in [6, 6.07) is 19.8. The van der Waals surface area contributed by atoms with Gasteiger partial charge in [0, 0.05) is 31.6 Å². The Balaban J connectivity index is 1.53. The number of nitriles is 1. The van der Waals surface area contributed by atoms with Crippen molar-refractivity contribution in [3.63, 3.8) is 0 Å². The molecule has 2 amide bonds. The molecule has 1 saturated heterocycles. The van der Waals surface area contributed by atoms with Crippen LogP contribution >= 0.6 is 0 Å². The summed E-state index contributed by atoms with van der Waals surface area (Å²) in [6.45, 7) is 9.90. The second kappa shape index (κ2) is 12.5. The summed E-state index contributed by atoms with van der Waals surface area (Å²) in [5.41, 5.74) is 2.52. The predicted molar refractivity (Wildman–Crippen MR) is 155 cm³/mol. The van der Waals surface area contributed by atoms with E-state index in [1.54, 1.807) is 24.7 Å². The second-order valence-corrected chi connectivity index (χ2v) is 12.1. The number of carbonyl (C=O) groups is 2. The quantitative estimate of drug-likeness (QED) is 0.380. The van der Waals surface area contributed by atoms with Gasteiger partial charge >= 0.3 is 0 Å². The monoisotopic (exact) mass is 540 g/mol. The Morgan fingerprint density at radius 2 is 1.62 bits per heavy atom. The van der Waals surface area contributed by atoms with Gasteiger partial charge in [-0.15, -0.1) is 0 Å². The highest BCUT2D eigenvalue weighted by molar-refractivity contribution is 5.83. The van der Waals surface area contributed by atoms with E-state index in [1.165, 1.54) is 5.56 Å². The van der Waals surface area contributed by atoms with Crippen molar-refractivity contribution in [1.29, 1.82) is 5.26 Å². The minimum absolute atomic E-state index is 0.0105. The van der Waals surface area contributed by atoms with Crippen LogP contribution < -0.4 is 10.6 Å². The predicted octanol–water partition coefficient (Wildman–Crippen LogP) is 3.95. The van der Waals surface area contributed by atoms with Gasteiger partial charge in [0.1, 0.15) is 0 Å². The molecule has 1 unspecified atom stereocenters. The summed E-state index contributed by atoms with van der Waals surface area (Å²) in [4.78, 5) is 36.8. The lowest BCUT2D eigenvalue weighted by atomic mass is 9.84. The van der Waals surface area contributed by atoms with Crippen LogP contribution in [-0.2, 0) is 28.0 Å². The number of hydrogen-bond acceptors (Lipinski definition) is 5. The van der Waals surface area contributed by atoms with Crippen molar-refractivity contribution < 1.29 is 9.59 Å². The maximum atomic E-state index is 13.9. The lowest BCUT2D eigenvalue weighted by Crippen LogP contribution is -2.55. The lowest BCUT2D eigenvalue weighted by molar-refractivity contribution is -0.133. The zero-order valence-electron chi connectivity index (χ0n) is 23.9. The van der Waals surface area contributed by atoms with Gasteiger partial charge in [-0.3, -0.25) is 9.59 Å². The highest BCUT2D eigenvalue weighted by atomic mass is 16.2. The Labute approximate surface area is 237 Å². The molecule has 4 rings (SSSR count). The number of amides is 2. The Hall–Kier alpha value is -3.96. The van der Waals surface area contributed by atoms with Gasteiger partial charge in [0.25, 0.3) is 0 Å². The van der Waals surface area contributed by atoms with Crippen LogP contribution in [-0.4, -0.2) is 51.9 Å². The van der Waals surface area contributed by atoms with Gasteiger partial charge in [0.15, 0.2) is 0 Å². The van der Waals surface area contributed by atoms with Gasteiger partial charge in [0.05, 0.1) is 47.2 Å². The Morgan fingerprint density at radius 3 is 2.20 bits per heavy atom. The molecular formula is C32H40N6O2. The summed E-state index contributed by atoms with van der Waals surface area (Å²) in [5, 5.41) is 15.6. The number of nitrogens with zero attached hydrogens (tertiary/aromatic N) is 3. The zero-order valence-corrected chi connectivity index (χ0v) is 23.9. The largest absolute Gasteiger partial charge is 0.351 e. The Kier molecular flexibility index (Phi) is 9.06. The van der Waals surface area contributed by atoms with E-state index in [2.05, 4.69) is 43.7 Å². The van der Waals surface area contributed by atoms with Crippen molar-refractivity contribution in [1.82, 2.24) is 25.5 Å². The van der Waals surface area contributed by atoms with Gasteiger partial charge in [-0.1, -0.05) is 42.5 Å². The SMILES string of the molecule is CC(C)(C)NC(=O)[C@@H]1C[C@H](C(=O)NC(C)(Cc2ccc(C#N)cc2)c2cnc[nH]2)CN(CCc2ccccc2)C1. The number of imidazole rings is 1. The van der Waals surface area contributed by atoms with Crippen LogP contribution in [0.2, 0.25) is 0 Å². The molecule has 0 spiro atoms. The molecule has 2 aromatic carbocycles. The number of hydrogen-bond donors (Lipinski definition) is 3. The molecule has 40 heavy (non-hydrogen) atoms. The van der Waals surface area contributed by atoms with E-state index in [0.29, 0.717) is 31.5 Å². The molecule has 210 valence electrons. The van der Waals surface area contributed by atoms with Crippen LogP contribution in [0.15, 0.2) is 67.1 Å². The molecule has 1 aliphatic heterocycles. The Bertz CT molecular complexity index is 1310. The van der Waals surface area contributed by atoms with E-state index in [9.17, 15) is 9.59 Å². The van der Waals surface area contributed by atoms with Gasteiger partial charge in [-0.05, 0) is 63.8 Å². The molecule has 0 saturated carbocycles. The summed E-state index contributed by atoms with van der Waals surface area (Å²) in [7, 11) is 0. The van der Waals surface area contributed by atoms with Crippen LogP contribution in [0.5, 0.6) is 0 Å². The third-order valence-electron chi connectivity index (χ3n) is 7.46. The van der Waals surface area contributed by atoms with Gasteiger partial charge in [0.2, 0.25) is 11.8 Å². The molecule has 2 heterocycles. The summed E-state index contributed by atoms with van der Waals surface area (Å²) >= 11 is 0. The van der Waals surface area contributed by atoms with E-state index >= 15 is 0 Å². The smallest absolute Gasteiger partial charge is 0.225 e. The standard InChI is InChI=1S/C32H40N6O2/c1-31(2,3)36-29(39)26-16-27(21-38(20-26)15-14-23-8-6-5-7-9-23)30(40)37-32(4,28-19-34-22-35-28)17-24-10-12-25(18-33)13-11-24/h5-13,19,22,26-27H,14-17,20-21H2,1-4H3,(H,34,35)(H,36,39)(H,37,40)/t26-,27+,32?/m1/s1. The average molecular weight is 541 g/mol. The van der Waals surface area contributed by atoms with E-state index in [-0.39, 0.29) is 29.2 Å². The van der Waals surface area contributed by atoms with E-state index < -0.39 is 5.54 Å². The molecular weight excluding hydrogens is 500 g/mol. The van der Waals surface area contributed by atoms with Crippen LogP contribution in [0.4, 0.5) is 0 Å². The number of aromatic nitrogens is 2. The first-order valence-electron chi connectivity index (χ1n) is 13.9. The maximum Gasteiger partial charge on any atom is 0.225 e. The van der Waals surface area contributed by atoms with Crippen molar-refractivity contribution in [3.05, 3.63) is 89.5 Å². The summed E-state index contributed by atoms with van der Waals surface area (Å²) in [6.07, 6.45) is 5.21. The molecule has 8 nitrogen and oxygen atoms in total. The van der Waals surface area contributed by atoms with Crippen LogP contribution in [0.1, 0.15) is 56.5 Å². The summed E-state index contributed by atoms with van der Waals surface area (Å²) < 4.78 is 0. The number of benzene rings is 2. The second-order valence-electron chi connectivity index (χ2n) is 12.1. The first kappa shape index (κ1) is 29.0. The Morgan fingerprint density at radius 1 is 0.975 bits per heavy atom. The molecule has 0 aliphatic carbocycles. The first-order chi connectivity index (χ1) is 19.0. The molecule has 0 radical (unpaired) electrons. The minimum Gasteiger partial charge on any atom is -0.351 e. The molecule has 3 aromatic rings. The zero-order chi connectivity index (χ0) is 28.8. The molecule has 3 N–H and O–H groups in total. The highest BCUT2D eigenvalue weighted by Gasteiger charge is 2.39. The number of nitrogens with one attached hydrogen (secondary N) is 3. The van der Waals surface area contributed by atoms with Crippen LogP contribution in [0, 0.1) is 23.2 Å². The van der Waals surface area contributed by atoms with E-state index in [0.717, 1.165) is 24.2 Å². The highest BCUT2D eigenvalue weighted by Crippen LogP contribution is 2.28. The molecule has 1 fully saturated rings. The van der Waals surface area contributed by atoms with Crippen molar-refractivity contribution >= 4 is 11.8 Å². The van der Waals surface area contributed by atoms with Gasteiger partial charge < -0.3 is 20.5 Å². The number of carbonyl (C=O) groups excluding carboxylic acids is 2. The normalized spacial score (nSPS) is 19.3. The topological polar surface area (TPSA) is 114 Å². The minimum atomic E-state index is -0.753. The molecule has 8 heteroatoms. The lowest BCUT2D eigenvalue weighted by Gasteiger charge is -2.39. The molecule has 1 aliphatic rings. The fourth-order valence-electron chi connectivity index (χ4n) is 5.40. The van der Waals surface area contributed by atoms with Crippen molar-refractivity contribution in [2.45, 2.75) is 58.0 Å². The van der Waals surface area contributed by atoms with Gasteiger partial charge in [-0.2, -0.15) is 5.26 Å². The average Bonchev–Trinajstić information content (AvgIpc) is 3.48. The summed E-state index contributed by atoms with van der Waals surface area (Å²) in [5.74, 6) is -0.716. The fourth-order valence-corrected chi connectivity index (χ4v) is 5.40. The van der Waals surface area contributed by atoms with E-state index in [1.807, 2.05) is 58.0 Å². The van der Waals surface area contributed by atoms with Crippen LogP contribution in [0.3, 0.4) is 0 Å². The number of likely N-dealkylation sites (tertiary alicyclic amines) is 1. The third-order valence-corrected chi connectivity index (χ3v) is 7.46. The van der Waals surface area contributed by atoms with Crippen molar-refractivity contribution in [2.75, 3.05) is 19.6 Å². The number of piperidine rings is 1. The first-order valence-corrected chi connectivity index (χ1v) is 13.9. The number of rotatable bonds is 9. The van der Waals surface area contributed by atoms with Gasteiger partial charge in [-0.25, -0.2) is 4.98 Å². The maximum absolute atomic E-state index is 13.9. The number of aromatic amines is 1. The molecule has 1 aromatic heterocycles. The van der Waals surface area contributed by atoms with E-state index in [4.69, 9.17) is 5.26 Å². The number of H-pyrrole nitrogens is 1. The van der Waals surface area contributed by atoms with Crippen molar-refractivity contribution in [3.8, 4) is 6.07 Å². The van der Waals surface area contributed by atoms with Crippen molar-refractivity contribution in [2.24, 2.45) is 11.8 Å². The van der Waals surface area contributed by atoms with Crippen LogP contribution in [0.25, 0.3) is 0 Å². The third kappa shape index (κ3) is 7.80. The molecule has 0 bridgehead atoms. The fraction of sp³-hybridized carbons (Fsp3) is 0.438. The molecule has 3 atom stereocenters.